The lowest BCUT2D eigenvalue weighted by atomic mass is 9.94. The van der Waals surface area contributed by atoms with Gasteiger partial charge in [0.25, 0.3) is 0 Å². The lowest BCUT2D eigenvalue weighted by molar-refractivity contribution is -0.118. The van der Waals surface area contributed by atoms with Crippen molar-refractivity contribution in [1.29, 1.82) is 0 Å². The van der Waals surface area contributed by atoms with Gasteiger partial charge in [0.15, 0.2) is 0 Å². The molecular formula is C12H21N3O. The van der Waals surface area contributed by atoms with E-state index in [-0.39, 0.29) is 11.8 Å². The Balaban J connectivity index is 2.37. The first-order valence-corrected chi connectivity index (χ1v) is 5.74. The molecule has 3 N–H and O–H groups in total. The van der Waals surface area contributed by atoms with Gasteiger partial charge in [0.2, 0.25) is 5.91 Å². The van der Waals surface area contributed by atoms with Crippen LogP contribution >= 0.6 is 0 Å². The third kappa shape index (κ3) is 4.49. The molecule has 0 aliphatic carbocycles. The van der Waals surface area contributed by atoms with Crippen LogP contribution in [0.5, 0.6) is 0 Å². The number of carbonyl (C=O) groups is 1. The van der Waals surface area contributed by atoms with Crippen molar-refractivity contribution >= 4 is 5.91 Å². The molecule has 1 aromatic heterocycles. The highest BCUT2D eigenvalue weighted by Crippen LogP contribution is 2.14. The van der Waals surface area contributed by atoms with E-state index in [1.165, 1.54) is 0 Å². The molecule has 90 valence electrons. The van der Waals surface area contributed by atoms with Gasteiger partial charge in [-0.3, -0.25) is 14.9 Å². The van der Waals surface area contributed by atoms with Crippen molar-refractivity contribution in [3.05, 3.63) is 24.5 Å². The van der Waals surface area contributed by atoms with Gasteiger partial charge in [-0.2, -0.15) is 0 Å². The highest BCUT2D eigenvalue weighted by molar-refractivity contribution is 5.83. The average molecular weight is 223 g/mol. The molecule has 0 bridgehead atoms. The lowest BCUT2D eigenvalue weighted by Crippen LogP contribution is -2.27. The van der Waals surface area contributed by atoms with E-state index in [9.17, 15) is 4.79 Å². The number of nitrogens with one attached hydrogen (secondary N) is 1. The van der Waals surface area contributed by atoms with Crippen molar-refractivity contribution in [2.24, 2.45) is 17.6 Å². The number of hydrogen-bond acceptors (Lipinski definition) is 2. The molecule has 0 unspecified atom stereocenters. The zero-order valence-electron chi connectivity index (χ0n) is 10.0. The summed E-state index contributed by atoms with van der Waals surface area (Å²) in [4.78, 5) is 11.7. The maximum absolute atomic E-state index is 11.7. The third-order valence-corrected chi connectivity index (χ3v) is 2.47. The Kier molecular flexibility index (Phi) is 5.05. The van der Waals surface area contributed by atoms with Gasteiger partial charge in [0.05, 0.1) is 0 Å². The van der Waals surface area contributed by atoms with Gasteiger partial charge in [0.1, 0.15) is 0 Å². The minimum absolute atomic E-state index is 0.0206. The Morgan fingerprint density at radius 3 is 2.50 bits per heavy atom. The lowest BCUT2D eigenvalue weighted by Gasteiger charge is -2.16. The standard InChI is InChI=1S/C12H21N3O/c1-10(2)7-11(9-13)8-12(16)14-15-5-3-4-6-15/h3-6,10-11H,7-9,13H2,1-2H3,(H,14,16)/t11-/m0/s1. The summed E-state index contributed by atoms with van der Waals surface area (Å²) < 4.78 is 1.66. The summed E-state index contributed by atoms with van der Waals surface area (Å²) in [5.41, 5.74) is 8.44. The van der Waals surface area contributed by atoms with Gasteiger partial charge in [-0.15, -0.1) is 0 Å². The molecular weight excluding hydrogens is 202 g/mol. The van der Waals surface area contributed by atoms with Crippen LogP contribution in [-0.2, 0) is 4.79 Å². The van der Waals surface area contributed by atoms with Crippen molar-refractivity contribution in [3.63, 3.8) is 0 Å². The maximum atomic E-state index is 11.7. The highest BCUT2D eigenvalue weighted by atomic mass is 16.2. The summed E-state index contributed by atoms with van der Waals surface area (Å²) in [5, 5.41) is 0. The Labute approximate surface area is 96.8 Å². The quantitative estimate of drug-likeness (QED) is 0.769. The van der Waals surface area contributed by atoms with Crippen LogP contribution in [0.15, 0.2) is 24.5 Å². The molecule has 1 aromatic rings. The average Bonchev–Trinajstić information content (AvgIpc) is 2.68. The van der Waals surface area contributed by atoms with E-state index in [1.54, 1.807) is 17.1 Å². The molecule has 0 saturated heterocycles. The van der Waals surface area contributed by atoms with Gasteiger partial charge in [0, 0.05) is 18.8 Å². The molecule has 1 atom stereocenters. The fraction of sp³-hybridized carbons (Fsp3) is 0.583. The van der Waals surface area contributed by atoms with E-state index in [2.05, 4.69) is 19.3 Å². The first kappa shape index (κ1) is 12.8. The van der Waals surface area contributed by atoms with E-state index >= 15 is 0 Å². The molecule has 1 amide bonds. The van der Waals surface area contributed by atoms with Crippen molar-refractivity contribution in [2.45, 2.75) is 26.7 Å². The number of carbonyl (C=O) groups excluding carboxylic acids is 1. The zero-order valence-corrected chi connectivity index (χ0v) is 10.0. The van der Waals surface area contributed by atoms with Crippen molar-refractivity contribution < 1.29 is 4.79 Å². The van der Waals surface area contributed by atoms with Gasteiger partial charge in [-0.1, -0.05) is 13.8 Å². The first-order valence-electron chi connectivity index (χ1n) is 5.74. The number of hydrogen-bond donors (Lipinski definition) is 2. The van der Waals surface area contributed by atoms with Crippen molar-refractivity contribution in [2.75, 3.05) is 12.0 Å². The summed E-state index contributed by atoms with van der Waals surface area (Å²) in [5.74, 6) is 0.871. The SMILES string of the molecule is CC(C)C[C@H](CN)CC(=O)Nn1cccc1. The highest BCUT2D eigenvalue weighted by Gasteiger charge is 2.13. The summed E-state index contributed by atoms with van der Waals surface area (Å²) in [6.07, 6.45) is 5.10. The topological polar surface area (TPSA) is 60.1 Å². The molecule has 0 saturated carbocycles. The van der Waals surface area contributed by atoms with E-state index in [0.29, 0.717) is 18.9 Å². The number of aromatic nitrogens is 1. The van der Waals surface area contributed by atoms with Crippen LogP contribution < -0.4 is 11.2 Å². The maximum Gasteiger partial charge on any atom is 0.239 e. The van der Waals surface area contributed by atoms with Crippen molar-refractivity contribution in [1.82, 2.24) is 4.68 Å². The second-order valence-electron chi connectivity index (χ2n) is 4.56. The van der Waals surface area contributed by atoms with Crippen LogP contribution in [0, 0.1) is 11.8 Å². The Hall–Kier alpha value is -1.29. The van der Waals surface area contributed by atoms with Crippen LogP contribution in [0.25, 0.3) is 0 Å². The zero-order chi connectivity index (χ0) is 12.0. The van der Waals surface area contributed by atoms with Gasteiger partial charge in [-0.05, 0) is 36.9 Å². The van der Waals surface area contributed by atoms with E-state index in [1.807, 2.05) is 12.1 Å². The predicted molar refractivity (Wildman–Crippen MR) is 65.4 cm³/mol. The molecule has 0 spiro atoms. The summed E-state index contributed by atoms with van der Waals surface area (Å²) in [6, 6.07) is 3.74. The summed E-state index contributed by atoms with van der Waals surface area (Å²) in [6.45, 7) is 4.86. The Bertz CT molecular complexity index is 306. The van der Waals surface area contributed by atoms with Crippen LogP contribution in [0.4, 0.5) is 0 Å². The Morgan fingerprint density at radius 1 is 1.38 bits per heavy atom. The first-order chi connectivity index (χ1) is 7.61. The molecule has 4 heteroatoms. The predicted octanol–water partition coefficient (Wildman–Crippen LogP) is 1.57. The smallest absolute Gasteiger partial charge is 0.239 e. The molecule has 16 heavy (non-hydrogen) atoms. The number of nitrogens with zero attached hydrogens (tertiary/aromatic N) is 1. The second-order valence-corrected chi connectivity index (χ2v) is 4.56. The number of rotatable bonds is 6. The van der Waals surface area contributed by atoms with Gasteiger partial charge < -0.3 is 5.73 Å². The molecule has 0 radical (unpaired) electrons. The molecule has 1 rings (SSSR count). The van der Waals surface area contributed by atoms with Gasteiger partial charge in [-0.25, -0.2) is 0 Å². The molecule has 1 heterocycles. The van der Waals surface area contributed by atoms with E-state index < -0.39 is 0 Å². The molecule has 0 aromatic carbocycles. The van der Waals surface area contributed by atoms with Crippen LogP contribution in [0.1, 0.15) is 26.7 Å². The fourth-order valence-corrected chi connectivity index (χ4v) is 1.79. The summed E-state index contributed by atoms with van der Waals surface area (Å²) in [7, 11) is 0. The second kappa shape index (κ2) is 6.33. The van der Waals surface area contributed by atoms with Gasteiger partial charge >= 0.3 is 0 Å². The fourth-order valence-electron chi connectivity index (χ4n) is 1.79. The van der Waals surface area contributed by atoms with E-state index in [0.717, 1.165) is 6.42 Å². The summed E-state index contributed by atoms with van der Waals surface area (Å²) >= 11 is 0. The molecule has 0 aliphatic heterocycles. The van der Waals surface area contributed by atoms with Crippen LogP contribution in [0.2, 0.25) is 0 Å². The molecule has 0 fully saturated rings. The van der Waals surface area contributed by atoms with E-state index in [4.69, 9.17) is 5.73 Å². The van der Waals surface area contributed by atoms with Crippen LogP contribution in [0.3, 0.4) is 0 Å². The van der Waals surface area contributed by atoms with Crippen molar-refractivity contribution in [3.8, 4) is 0 Å². The molecule has 0 aliphatic rings. The normalized spacial score (nSPS) is 12.8. The number of nitrogens with two attached hydrogens (primary N) is 1. The minimum Gasteiger partial charge on any atom is -0.330 e. The minimum atomic E-state index is 0.0206. The largest absolute Gasteiger partial charge is 0.330 e. The monoisotopic (exact) mass is 223 g/mol. The molecule has 4 nitrogen and oxygen atoms in total. The van der Waals surface area contributed by atoms with Crippen LogP contribution in [-0.4, -0.2) is 17.1 Å². The Morgan fingerprint density at radius 2 is 2.00 bits per heavy atom. The third-order valence-electron chi connectivity index (χ3n) is 2.47. The number of amides is 1.